The number of guanidine groups is 1. The molecule has 3 N–H and O–H groups in total. The van der Waals surface area contributed by atoms with Crippen LogP contribution in [0, 0.1) is 5.92 Å². The molecule has 0 bridgehead atoms. The van der Waals surface area contributed by atoms with Crippen molar-refractivity contribution in [3.8, 4) is 0 Å². The van der Waals surface area contributed by atoms with Crippen LogP contribution in [0.5, 0.6) is 0 Å². The zero-order chi connectivity index (χ0) is 22.3. The maximum atomic E-state index is 12.3. The number of hydrogen-bond donors (Lipinski definition) is 3. The summed E-state index contributed by atoms with van der Waals surface area (Å²) in [6.45, 7) is 11.8. The van der Waals surface area contributed by atoms with Crippen molar-refractivity contribution < 1.29 is 17.9 Å². The third-order valence-electron chi connectivity index (χ3n) is 5.21. The van der Waals surface area contributed by atoms with Crippen LogP contribution in [0.3, 0.4) is 0 Å². The lowest BCUT2D eigenvalue weighted by Gasteiger charge is -2.34. The number of aliphatic imine (C=N–C) groups is 1. The summed E-state index contributed by atoms with van der Waals surface area (Å²) in [6.07, 6.45) is 3.11. The van der Waals surface area contributed by atoms with Gasteiger partial charge in [0.2, 0.25) is 10.0 Å². The zero-order valence-corrected chi connectivity index (χ0v) is 19.8. The number of hydrogen-bond acceptors (Lipinski definition) is 5. The van der Waals surface area contributed by atoms with Crippen LogP contribution >= 0.6 is 0 Å². The van der Waals surface area contributed by atoms with Crippen LogP contribution in [0.1, 0.15) is 53.9 Å². The standard InChI is InChI=1S/C19H39N5O4S/c1-8-19(9-2,23-17(25)28-18(3,4)5)14-22-16(20-6)21-12-15-10-11-24(13-15)29(7,26)27/h15H,8-14H2,1-7H3,(H,23,25)(H2,20,21,22). The van der Waals surface area contributed by atoms with Crippen molar-refractivity contribution in [3.63, 3.8) is 0 Å². The predicted molar refractivity (Wildman–Crippen MR) is 117 cm³/mol. The molecule has 0 aliphatic carbocycles. The van der Waals surface area contributed by atoms with Crippen LogP contribution in [0.25, 0.3) is 0 Å². The summed E-state index contributed by atoms with van der Waals surface area (Å²) < 4.78 is 30.2. The second kappa shape index (κ2) is 10.5. The summed E-state index contributed by atoms with van der Waals surface area (Å²) in [5.74, 6) is 0.866. The minimum Gasteiger partial charge on any atom is -0.444 e. The van der Waals surface area contributed by atoms with Gasteiger partial charge in [0, 0.05) is 33.2 Å². The topological polar surface area (TPSA) is 112 Å². The highest BCUT2D eigenvalue weighted by molar-refractivity contribution is 7.88. The molecule has 10 heteroatoms. The van der Waals surface area contributed by atoms with Crippen molar-refractivity contribution >= 4 is 22.1 Å². The number of nitrogens with one attached hydrogen (secondary N) is 3. The monoisotopic (exact) mass is 433 g/mol. The molecule has 0 aromatic rings. The fourth-order valence-electron chi connectivity index (χ4n) is 3.22. The Labute approximate surface area is 176 Å². The van der Waals surface area contributed by atoms with E-state index in [1.165, 1.54) is 10.6 Å². The van der Waals surface area contributed by atoms with E-state index >= 15 is 0 Å². The molecule has 1 atom stereocenters. The van der Waals surface area contributed by atoms with Crippen LogP contribution in [0.4, 0.5) is 4.79 Å². The SMILES string of the molecule is CCC(CC)(CNC(=NC)NCC1CCN(S(C)(=O)=O)C1)NC(=O)OC(C)(C)C. The third-order valence-corrected chi connectivity index (χ3v) is 6.48. The lowest BCUT2D eigenvalue weighted by atomic mass is 9.93. The van der Waals surface area contributed by atoms with E-state index in [1.54, 1.807) is 7.05 Å². The Balaban J connectivity index is 2.58. The van der Waals surface area contributed by atoms with Crippen molar-refractivity contribution in [2.75, 3.05) is 39.5 Å². The van der Waals surface area contributed by atoms with Gasteiger partial charge in [-0.05, 0) is 46.0 Å². The van der Waals surface area contributed by atoms with Crippen molar-refractivity contribution in [2.45, 2.75) is 65.0 Å². The number of rotatable bonds is 8. The number of amides is 1. The van der Waals surface area contributed by atoms with Crippen LogP contribution in [0.2, 0.25) is 0 Å². The van der Waals surface area contributed by atoms with Gasteiger partial charge in [0.05, 0.1) is 11.8 Å². The largest absolute Gasteiger partial charge is 0.444 e. The molecule has 1 aliphatic rings. The van der Waals surface area contributed by atoms with Crippen molar-refractivity contribution in [1.82, 2.24) is 20.3 Å². The molecular weight excluding hydrogens is 394 g/mol. The molecule has 1 saturated heterocycles. The molecule has 1 unspecified atom stereocenters. The van der Waals surface area contributed by atoms with E-state index in [0.717, 1.165) is 19.3 Å². The lowest BCUT2D eigenvalue weighted by Crippen LogP contribution is -2.57. The fourth-order valence-corrected chi connectivity index (χ4v) is 4.14. The predicted octanol–water partition coefficient (Wildman–Crippen LogP) is 1.52. The van der Waals surface area contributed by atoms with Gasteiger partial charge in [-0.2, -0.15) is 0 Å². The first-order valence-electron chi connectivity index (χ1n) is 10.2. The lowest BCUT2D eigenvalue weighted by molar-refractivity contribution is 0.0448. The summed E-state index contributed by atoms with van der Waals surface area (Å²) in [4.78, 5) is 16.5. The summed E-state index contributed by atoms with van der Waals surface area (Å²) in [5.41, 5.74) is -1.01. The maximum absolute atomic E-state index is 12.3. The Hall–Kier alpha value is -1.55. The van der Waals surface area contributed by atoms with Gasteiger partial charge < -0.3 is 20.7 Å². The van der Waals surface area contributed by atoms with Crippen LogP contribution in [-0.2, 0) is 14.8 Å². The average Bonchev–Trinajstić information content (AvgIpc) is 3.08. The molecule has 1 amide bonds. The van der Waals surface area contributed by atoms with Gasteiger partial charge in [0.15, 0.2) is 5.96 Å². The van der Waals surface area contributed by atoms with Gasteiger partial charge in [-0.25, -0.2) is 17.5 Å². The zero-order valence-electron chi connectivity index (χ0n) is 19.0. The van der Waals surface area contributed by atoms with E-state index in [0.29, 0.717) is 32.1 Å². The number of carbonyl (C=O) groups is 1. The Morgan fingerprint density at radius 2 is 1.83 bits per heavy atom. The summed E-state index contributed by atoms with van der Waals surface area (Å²) >= 11 is 0. The van der Waals surface area contributed by atoms with Gasteiger partial charge in [-0.3, -0.25) is 4.99 Å². The van der Waals surface area contributed by atoms with E-state index < -0.39 is 27.3 Å². The molecule has 0 spiro atoms. The first-order chi connectivity index (χ1) is 13.3. The Morgan fingerprint density at radius 1 is 1.21 bits per heavy atom. The average molecular weight is 434 g/mol. The van der Waals surface area contributed by atoms with E-state index in [-0.39, 0.29) is 5.92 Å². The van der Waals surface area contributed by atoms with Crippen molar-refractivity contribution in [2.24, 2.45) is 10.9 Å². The van der Waals surface area contributed by atoms with Gasteiger partial charge in [-0.15, -0.1) is 0 Å². The number of ether oxygens (including phenoxy) is 1. The molecule has 1 fully saturated rings. The van der Waals surface area contributed by atoms with Crippen molar-refractivity contribution in [3.05, 3.63) is 0 Å². The van der Waals surface area contributed by atoms with Gasteiger partial charge >= 0.3 is 6.09 Å². The normalized spacial score (nSPS) is 19.1. The Morgan fingerprint density at radius 3 is 2.28 bits per heavy atom. The number of alkyl carbamates (subject to hydrolysis) is 1. The first kappa shape index (κ1) is 25.5. The van der Waals surface area contributed by atoms with Crippen LogP contribution in [-0.4, -0.2) is 75.4 Å². The highest BCUT2D eigenvalue weighted by Crippen LogP contribution is 2.18. The number of carbonyl (C=O) groups excluding carboxylic acids is 1. The molecule has 170 valence electrons. The molecule has 1 heterocycles. The summed E-state index contributed by atoms with van der Waals surface area (Å²) in [5, 5.41) is 9.56. The highest BCUT2D eigenvalue weighted by atomic mass is 32.2. The maximum Gasteiger partial charge on any atom is 0.408 e. The van der Waals surface area contributed by atoms with E-state index in [4.69, 9.17) is 4.74 Å². The molecule has 0 aromatic carbocycles. The number of nitrogens with zero attached hydrogens (tertiary/aromatic N) is 2. The Kier molecular flexibility index (Phi) is 9.20. The molecule has 9 nitrogen and oxygen atoms in total. The van der Waals surface area contributed by atoms with Crippen LogP contribution < -0.4 is 16.0 Å². The fraction of sp³-hybridized carbons (Fsp3) is 0.895. The molecule has 0 saturated carbocycles. The molecule has 0 aromatic heterocycles. The quantitative estimate of drug-likeness (QED) is 0.395. The summed E-state index contributed by atoms with van der Waals surface area (Å²) in [7, 11) is -1.44. The molecule has 1 rings (SSSR count). The van der Waals surface area contributed by atoms with Gasteiger partial charge in [-0.1, -0.05) is 13.8 Å². The van der Waals surface area contributed by atoms with E-state index in [1.807, 2.05) is 34.6 Å². The third kappa shape index (κ3) is 8.77. The molecule has 1 aliphatic heterocycles. The number of sulfonamides is 1. The molecule has 0 radical (unpaired) electrons. The smallest absolute Gasteiger partial charge is 0.408 e. The van der Waals surface area contributed by atoms with Gasteiger partial charge in [0.1, 0.15) is 5.60 Å². The minimum absolute atomic E-state index is 0.241. The van der Waals surface area contributed by atoms with Crippen LogP contribution in [0.15, 0.2) is 4.99 Å². The van der Waals surface area contributed by atoms with E-state index in [2.05, 4.69) is 20.9 Å². The van der Waals surface area contributed by atoms with Crippen molar-refractivity contribution in [1.29, 1.82) is 0 Å². The molecular formula is C19H39N5O4S. The highest BCUT2D eigenvalue weighted by Gasteiger charge is 2.31. The second-order valence-corrected chi connectivity index (χ2v) is 10.7. The Bertz CT molecular complexity index is 669. The minimum atomic E-state index is -3.13. The van der Waals surface area contributed by atoms with Gasteiger partial charge in [0.25, 0.3) is 0 Å². The summed E-state index contributed by atoms with van der Waals surface area (Å²) in [6, 6.07) is 0. The van der Waals surface area contributed by atoms with E-state index in [9.17, 15) is 13.2 Å². The first-order valence-corrected chi connectivity index (χ1v) is 12.1. The molecule has 29 heavy (non-hydrogen) atoms. The second-order valence-electron chi connectivity index (χ2n) is 8.70.